The molecule has 1 spiro atoms. The lowest BCUT2D eigenvalue weighted by Gasteiger charge is -2.29. The zero-order valence-corrected chi connectivity index (χ0v) is 47.8. The van der Waals surface area contributed by atoms with E-state index in [1.54, 1.807) is 0 Å². The van der Waals surface area contributed by atoms with E-state index < -0.39 is 0 Å². The minimum absolute atomic E-state index is 0.257. The van der Waals surface area contributed by atoms with Crippen LogP contribution in [0.15, 0.2) is 291 Å². The van der Waals surface area contributed by atoms with Crippen LogP contribution in [0.25, 0.3) is 145 Å². The van der Waals surface area contributed by atoms with Gasteiger partial charge in [-0.3, -0.25) is 0 Å². The van der Waals surface area contributed by atoms with Crippen molar-refractivity contribution in [3.8, 4) is 44.8 Å². The molecule has 0 amide bonds. The minimum atomic E-state index is -0.257. The van der Waals surface area contributed by atoms with Gasteiger partial charge < -0.3 is 9.13 Å². The number of nitrogens with zero attached hydrogens (tertiary/aromatic N) is 2. The molecule has 406 valence electrons. The zero-order valence-electron chi connectivity index (χ0n) is 47.8. The minimum Gasteiger partial charge on any atom is -0.309 e. The third-order valence-corrected chi connectivity index (χ3v) is 19.2. The predicted octanol–water partition coefficient (Wildman–Crippen LogP) is 22.3. The second kappa shape index (κ2) is 19.5. The van der Waals surface area contributed by atoms with Gasteiger partial charge in [0.2, 0.25) is 0 Å². The van der Waals surface area contributed by atoms with Gasteiger partial charge in [0, 0.05) is 38.3 Å². The largest absolute Gasteiger partial charge is 0.309 e. The molecule has 0 unspecified atom stereocenters. The third kappa shape index (κ3) is 7.95. The van der Waals surface area contributed by atoms with Crippen LogP contribution in [-0.2, 0) is 11.8 Å². The average Bonchev–Trinajstić information content (AvgIpc) is 1.59. The van der Waals surface area contributed by atoms with E-state index in [1.165, 1.54) is 165 Å². The van der Waals surface area contributed by atoms with Crippen molar-refractivity contribution in [2.24, 2.45) is 0 Å². The normalized spacial score (nSPS) is 13.4. The van der Waals surface area contributed by atoms with Crippen LogP contribution in [0.4, 0.5) is 0 Å². The first-order chi connectivity index (χ1) is 43.0. The fourth-order valence-corrected chi connectivity index (χ4v) is 15.0. The smallest absolute Gasteiger partial charge is 0.0541 e. The number of aromatic nitrogens is 2. The van der Waals surface area contributed by atoms with Gasteiger partial charge in [-0.15, -0.1) is 0 Å². The van der Waals surface area contributed by atoms with E-state index in [4.69, 9.17) is 0 Å². The van der Waals surface area contributed by atoms with Gasteiger partial charge in [0.15, 0.2) is 0 Å². The third-order valence-electron chi connectivity index (χ3n) is 19.2. The molecule has 2 aromatic heterocycles. The van der Waals surface area contributed by atoms with Crippen molar-refractivity contribution in [3.63, 3.8) is 0 Å². The number of rotatable bonds is 8. The summed E-state index contributed by atoms with van der Waals surface area (Å²) in [5, 5.41) is 12.6. The van der Waals surface area contributed by atoms with Gasteiger partial charge in [0.05, 0.1) is 22.1 Å². The number of aryl methyl sites for hydroxylation is 1. The fraction of sp³-hybridized carbons (Fsp3) is 0.0353. The Balaban J connectivity index is 0.640. The van der Waals surface area contributed by atoms with Crippen LogP contribution in [0, 0.1) is 0 Å². The highest BCUT2D eigenvalue weighted by atomic mass is 15.0. The maximum absolute atomic E-state index is 2.51. The molecule has 2 heterocycles. The summed E-state index contributed by atoms with van der Waals surface area (Å²) in [7, 11) is 0. The molecule has 2 heteroatoms. The molecule has 2 aliphatic rings. The van der Waals surface area contributed by atoms with Gasteiger partial charge in [-0.25, -0.2) is 0 Å². The lowest BCUT2D eigenvalue weighted by molar-refractivity contribution is 0.626. The van der Waals surface area contributed by atoms with E-state index in [-0.39, 0.29) is 5.41 Å². The molecular weight excluding hydrogens is 1050 g/mol. The Morgan fingerprint density at radius 1 is 0.264 bits per heavy atom. The molecule has 14 aromatic carbocycles. The molecule has 0 radical (unpaired) electrons. The van der Waals surface area contributed by atoms with Gasteiger partial charge >= 0.3 is 0 Å². The van der Waals surface area contributed by atoms with Crippen molar-refractivity contribution in [2.75, 3.05) is 0 Å². The molecule has 18 rings (SSSR count). The van der Waals surface area contributed by atoms with Crippen LogP contribution in [0.1, 0.15) is 50.9 Å². The fourth-order valence-electron chi connectivity index (χ4n) is 15.0. The van der Waals surface area contributed by atoms with Gasteiger partial charge in [-0.2, -0.15) is 0 Å². The van der Waals surface area contributed by atoms with Gasteiger partial charge in [-0.05, 0) is 202 Å². The van der Waals surface area contributed by atoms with Gasteiger partial charge in [0.1, 0.15) is 0 Å². The van der Waals surface area contributed by atoms with Crippen LogP contribution in [0.3, 0.4) is 0 Å². The first-order valence-corrected chi connectivity index (χ1v) is 30.5. The molecule has 0 saturated heterocycles. The Kier molecular flexibility index (Phi) is 11.1. The second-order valence-electron chi connectivity index (χ2n) is 24.0. The molecular formula is C85H56N2. The van der Waals surface area contributed by atoms with E-state index in [1.807, 2.05) is 0 Å². The average molecular weight is 1110 g/mol. The summed E-state index contributed by atoms with van der Waals surface area (Å²) >= 11 is 0. The van der Waals surface area contributed by atoms with Crippen molar-refractivity contribution in [3.05, 3.63) is 336 Å². The summed E-state index contributed by atoms with van der Waals surface area (Å²) < 4.78 is 4.82. The SMILES string of the molecule is C(=C\c1ccc2c(c1)C1(CCc3cc4ccccc4cc31)c1cc(/C=C/c3ccc(-c4ccc5c(c4)c4ccccc4n5-c4ccc5ccccc5c4)cc3)ccc1-2)/c1ccc(-c2ccc3c(c2)c2ccccc2n3-c2ccc3ccccc3c2)cc1. The van der Waals surface area contributed by atoms with Gasteiger partial charge in [0.25, 0.3) is 0 Å². The molecule has 0 fully saturated rings. The van der Waals surface area contributed by atoms with Crippen LogP contribution < -0.4 is 0 Å². The highest BCUT2D eigenvalue weighted by Crippen LogP contribution is 2.59. The molecule has 0 bridgehead atoms. The van der Waals surface area contributed by atoms with E-state index in [0.717, 1.165) is 12.8 Å². The quantitative estimate of drug-likeness (QED) is 0.134. The Bertz CT molecular complexity index is 5270. The van der Waals surface area contributed by atoms with Crippen molar-refractivity contribution in [2.45, 2.75) is 18.3 Å². The van der Waals surface area contributed by atoms with Crippen LogP contribution >= 0.6 is 0 Å². The highest BCUT2D eigenvalue weighted by molar-refractivity contribution is 6.12. The van der Waals surface area contributed by atoms with Gasteiger partial charge in [-0.1, -0.05) is 237 Å². The van der Waals surface area contributed by atoms with Crippen LogP contribution in [0.5, 0.6) is 0 Å². The standard InChI is InChI=1S/C85H56N2/c1-3-14-64-50-70(39-35-59(64)11-1)86-81-19-9-7-17-74(81)76-52-67(37-43-83(76)86)61-31-25-55(26-32-61)21-23-57-29-41-72-73-42-30-58(48-80(73)85(79(72)47-57)46-45-69-49-63-13-5-6-16-66(63)54-78(69)85)24-22-56-27-33-62(34-28-56)68-38-44-84-77(53-68)75-18-8-10-20-82(75)87(84)71-40-36-60-12-2-4-15-65(60)51-71/h1-44,47-54H,45-46H2/b23-21+,24-22+. The first-order valence-electron chi connectivity index (χ1n) is 30.5. The van der Waals surface area contributed by atoms with Crippen molar-refractivity contribution in [1.82, 2.24) is 9.13 Å². The van der Waals surface area contributed by atoms with E-state index in [2.05, 4.69) is 325 Å². The van der Waals surface area contributed by atoms with Crippen LogP contribution in [0.2, 0.25) is 0 Å². The first kappa shape index (κ1) is 49.4. The summed E-state index contributed by atoms with van der Waals surface area (Å²) in [6, 6.07) is 109. The van der Waals surface area contributed by atoms with Crippen molar-refractivity contribution in [1.29, 1.82) is 0 Å². The molecule has 16 aromatic rings. The second-order valence-corrected chi connectivity index (χ2v) is 24.0. The number of para-hydroxylation sites is 2. The number of benzene rings is 14. The summed E-state index contributed by atoms with van der Waals surface area (Å²) in [6.07, 6.45) is 11.2. The molecule has 2 aliphatic carbocycles. The van der Waals surface area contributed by atoms with E-state index in [0.29, 0.717) is 0 Å². The number of hydrogen-bond donors (Lipinski definition) is 0. The Labute approximate surface area is 505 Å². The maximum atomic E-state index is 2.51. The molecule has 2 nitrogen and oxygen atoms in total. The Morgan fingerprint density at radius 2 is 0.655 bits per heavy atom. The molecule has 87 heavy (non-hydrogen) atoms. The molecule has 0 N–H and O–H groups in total. The van der Waals surface area contributed by atoms with E-state index >= 15 is 0 Å². The lowest BCUT2D eigenvalue weighted by Crippen LogP contribution is -2.23. The number of fused-ring (bicyclic) bond motifs is 16. The Morgan fingerprint density at radius 3 is 1.15 bits per heavy atom. The molecule has 0 atom stereocenters. The summed E-state index contributed by atoms with van der Waals surface area (Å²) in [6.45, 7) is 0. The molecule has 0 aliphatic heterocycles. The molecule has 0 saturated carbocycles. The van der Waals surface area contributed by atoms with Crippen molar-refractivity contribution >= 4 is 100 Å². The summed E-state index contributed by atoms with van der Waals surface area (Å²) in [5.74, 6) is 0. The maximum Gasteiger partial charge on any atom is 0.0541 e. The van der Waals surface area contributed by atoms with E-state index in [9.17, 15) is 0 Å². The topological polar surface area (TPSA) is 9.86 Å². The summed E-state index contributed by atoms with van der Waals surface area (Å²) in [5.41, 5.74) is 25.0. The monoisotopic (exact) mass is 1100 g/mol. The van der Waals surface area contributed by atoms with Crippen LogP contribution in [-0.4, -0.2) is 9.13 Å². The predicted molar refractivity (Wildman–Crippen MR) is 369 cm³/mol. The number of hydrogen-bond acceptors (Lipinski definition) is 0. The summed E-state index contributed by atoms with van der Waals surface area (Å²) in [4.78, 5) is 0. The highest BCUT2D eigenvalue weighted by Gasteiger charge is 2.48. The lowest BCUT2D eigenvalue weighted by atomic mass is 9.72. The Hall–Kier alpha value is -11.1. The van der Waals surface area contributed by atoms with Crippen molar-refractivity contribution < 1.29 is 0 Å². The zero-order chi connectivity index (χ0) is 57.2.